The highest BCUT2D eigenvalue weighted by atomic mass is 32.1. The summed E-state index contributed by atoms with van der Waals surface area (Å²) in [5.74, 6) is -1.46. The Bertz CT molecular complexity index is 481. The fourth-order valence-corrected chi connectivity index (χ4v) is 1.71. The average molecular weight is 268 g/mol. The van der Waals surface area contributed by atoms with Crippen LogP contribution >= 0.6 is 12.2 Å². The monoisotopic (exact) mass is 268 g/mol. The number of aromatic hydroxyl groups is 1. The molecule has 0 saturated carbocycles. The van der Waals surface area contributed by atoms with Gasteiger partial charge in [0.1, 0.15) is 11.3 Å². The van der Waals surface area contributed by atoms with E-state index in [1.165, 1.54) is 12.1 Å². The van der Waals surface area contributed by atoms with Crippen molar-refractivity contribution in [1.82, 2.24) is 5.32 Å². The highest BCUT2D eigenvalue weighted by Gasteiger charge is 2.13. The van der Waals surface area contributed by atoms with E-state index in [1.807, 2.05) is 20.8 Å². The molecule has 0 radical (unpaired) electrons. The number of hydrogen-bond acceptors (Lipinski definition) is 3. The number of rotatable bonds is 2. The van der Waals surface area contributed by atoms with Gasteiger partial charge in [-0.25, -0.2) is 4.79 Å². The van der Waals surface area contributed by atoms with Crippen molar-refractivity contribution in [1.29, 1.82) is 0 Å². The van der Waals surface area contributed by atoms with Crippen molar-refractivity contribution in [2.75, 3.05) is 5.32 Å². The van der Waals surface area contributed by atoms with Crippen LogP contribution in [0.1, 0.15) is 31.1 Å². The molecular formula is C12H16N2O3S. The molecule has 0 aromatic heterocycles. The first-order chi connectivity index (χ1) is 8.19. The predicted molar refractivity (Wildman–Crippen MR) is 74.2 cm³/mol. The maximum absolute atomic E-state index is 10.9. The maximum Gasteiger partial charge on any atom is 0.339 e. The standard InChI is InChI=1S/C12H16N2O3S/c1-12(2,3)14-11(18)13-7-4-5-9(15)8(6-7)10(16)17/h4-6,15H,1-3H3,(H,16,17)(H2,13,14,18). The van der Waals surface area contributed by atoms with Crippen LogP contribution in [0.15, 0.2) is 18.2 Å². The fraction of sp³-hybridized carbons (Fsp3) is 0.333. The molecule has 0 heterocycles. The third-order valence-corrected chi connectivity index (χ3v) is 2.18. The van der Waals surface area contributed by atoms with Crippen LogP contribution in [0.4, 0.5) is 5.69 Å². The number of anilines is 1. The maximum atomic E-state index is 10.9. The van der Waals surface area contributed by atoms with Gasteiger partial charge < -0.3 is 20.8 Å². The Morgan fingerprint density at radius 3 is 2.44 bits per heavy atom. The van der Waals surface area contributed by atoms with Crippen LogP contribution in [0.25, 0.3) is 0 Å². The molecule has 0 fully saturated rings. The second kappa shape index (κ2) is 5.22. The van der Waals surface area contributed by atoms with Crippen molar-refractivity contribution < 1.29 is 15.0 Å². The Labute approximate surface area is 111 Å². The van der Waals surface area contributed by atoms with Gasteiger partial charge in [-0.3, -0.25) is 0 Å². The molecule has 0 atom stereocenters. The Morgan fingerprint density at radius 2 is 1.94 bits per heavy atom. The van der Waals surface area contributed by atoms with Crippen LogP contribution in [0.3, 0.4) is 0 Å². The van der Waals surface area contributed by atoms with Crippen LogP contribution in [-0.2, 0) is 0 Å². The van der Waals surface area contributed by atoms with Gasteiger partial charge in [0.05, 0.1) is 0 Å². The largest absolute Gasteiger partial charge is 0.507 e. The smallest absolute Gasteiger partial charge is 0.339 e. The number of aromatic carboxylic acids is 1. The minimum atomic E-state index is -1.19. The molecule has 1 rings (SSSR count). The molecule has 0 saturated heterocycles. The van der Waals surface area contributed by atoms with Gasteiger partial charge >= 0.3 is 5.97 Å². The molecule has 1 aromatic carbocycles. The second-order valence-electron chi connectivity index (χ2n) is 4.87. The molecule has 0 spiro atoms. The minimum absolute atomic E-state index is 0.168. The zero-order chi connectivity index (χ0) is 13.9. The van der Waals surface area contributed by atoms with E-state index in [0.717, 1.165) is 0 Å². The third kappa shape index (κ3) is 4.21. The van der Waals surface area contributed by atoms with Crippen molar-refractivity contribution in [3.8, 4) is 5.75 Å². The van der Waals surface area contributed by atoms with Crippen LogP contribution < -0.4 is 10.6 Å². The Hall–Kier alpha value is -1.82. The molecule has 4 N–H and O–H groups in total. The summed E-state index contributed by atoms with van der Waals surface area (Å²) in [6.07, 6.45) is 0. The number of hydrogen-bond donors (Lipinski definition) is 4. The zero-order valence-corrected chi connectivity index (χ0v) is 11.3. The predicted octanol–water partition coefficient (Wildman–Crippen LogP) is 2.18. The van der Waals surface area contributed by atoms with Crippen molar-refractivity contribution in [2.45, 2.75) is 26.3 Å². The van der Waals surface area contributed by atoms with E-state index in [1.54, 1.807) is 6.07 Å². The van der Waals surface area contributed by atoms with Crippen molar-refractivity contribution in [3.05, 3.63) is 23.8 Å². The number of carboxylic acid groups (broad SMARTS) is 1. The third-order valence-electron chi connectivity index (χ3n) is 1.97. The number of carbonyl (C=O) groups is 1. The van der Waals surface area contributed by atoms with Gasteiger partial charge in [0, 0.05) is 11.2 Å². The van der Waals surface area contributed by atoms with E-state index in [-0.39, 0.29) is 16.9 Å². The van der Waals surface area contributed by atoms with Crippen molar-refractivity contribution >= 4 is 29.0 Å². The van der Waals surface area contributed by atoms with Crippen LogP contribution in [0.2, 0.25) is 0 Å². The molecule has 0 bridgehead atoms. The molecule has 5 nitrogen and oxygen atoms in total. The number of phenols is 1. The number of carboxylic acids is 1. The zero-order valence-electron chi connectivity index (χ0n) is 10.4. The first-order valence-electron chi connectivity index (χ1n) is 5.34. The molecule has 6 heteroatoms. The average Bonchev–Trinajstić information content (AvgIpc) is 2.17. The topological polar surface area (TPSA) is 81.6 Å². The lowest BCUT2D eigenvalue weighted by atomic mass is 10.1. The fourth-order valence-electron chi connectivity index (χ4n) is 1.29. The van der Waals surface area contributed by atoms with Gasteiger partial charge in [0.2, 0.25) is 0 Å². The molecule has 0 unspecified atom stereocenters. The number of nitrogens with one attached hydrogen (secondary N) is 2. The molecule has 18 heavy (non-hydrogen) atoms. The molecule has 0 amide bonds. The van der Waals surface area contributed by atoms with Gasteiger partial charge in [-0.2, -0.15) is 0 Å². The molecule has 0 aliphatic rings. The minimum Gasteiger partial charge on any atom is -0.507 e. The quantitative estimate of drug-likeness (QED) is 0.486. The summed E-state index contributed by atoms with van der Waals surface area (Å²) < 4.78 is 0. The van der Waals surface area contributed by atoms with Crippen LogP contribution in [0, 0.1) is 0 Å². The SMILES string of the molecule is CC(C)(C)NC(=S)Nc1ccc(O)c(C(=O)O)c1. The van der Waals surface area contributed by atoms with E-state index >= 15 is 0 Å². The Balaban J connectivity index is 2.83. The Morgan fingerprint density at radius 1 is 1.33 bits per heavy atom. The Kier molecular flexibility index (Phi) is 4.13. The van der Waals surface area contributed by atoms with Crippen molar-refractivity contribution in [3.63, 3.8) is 0 Å². The summed E-state index contributed by atoms with van der Waals surface area (Å²) in [6, 6.07) is 4.19. The van der Waals surface area contributed by atoms with Gasteiger partial charge in [0.15, 0.2) is 5.11 Å². The van der Waals surface area contributed by atoms with Gasteiger partial charge in [0.25, 0.3) is 0 Å². The van der Waals surface area contributed by atoms with Gasteiger partial charge in [-0.15, -0.1) is 0 Å². The number of thiocarbonyl (C=S) groups is 1. The molecule has 0 aliphatic heterocycles. The van der Waals surface area contributed by atoms with Crippen molar-refractivity contribution in [2.24, 2.45) is 0 Å². The summed E-state index contributed by atoms with van der Waals surface area (Å²) in [5.41, 5.74) is 0.155. The highest BCUT2D eigenvalue weighted by Crippen LogP contribution is 2.21. The lowest BCUT2D eigenvalue weighted by molar-refractivity contribution is 0.0694. The molecule has 1 aromatic rings. The van der Waals surface area contributed by atoms with Crippen LogP contribution in [0.5, 0.6) is 5.75 Å². The summed E-state index contributed by atoms with van der Waals surface area (Å²) in [6.45, 7) is 5.88. The second-order valence-corrected chi connectivity index (χ2v) is 5.27. The summed E-state index contributed by atoms with van der Waals surface area (Å²) >= 11 is 5.09. The molecule has 0 aliphatic carbocycles. The highest BCUT2D eigenvalue weighted by molar-refractivity contribution is 7.80. The van der Waals surface area contributed by atoms with E-state index in [2.05, 4.69) is 10.6 Å². The summed E-state index contributed by atoms with van der Waals surface area (Å²) in [4.78, 5) is 10.9. The van der Waals surface area contributed by atoms with E-state index < -0.39 is 5.97 Å². The van der Waals surface area contributed by atoms with E-state index in [0.29, 0.717) is 10.8 Å². The summed E-state index contributed by atoms with van der Waals surface area (Å²) in [5, 5.41) is 24.5. The van der Waals surface area contributed by atoms with Gasteiger partial charge in [-0.05, 0) is 51.2 Å². The lowest BCUT2D eigenvalue weighted by Gasteiger charge is -2.23. The van der Waals surface area contributed by atoms with E-state index in [9.17, 15) is 9.90 Å². The number of benzene rings is 1. The molecular weight excluding hydrogens is 252 g/mol. The summed E-state index contributed by atoms with van der Waals surface area (Å²) in [7, 11) is 0. The van der Waals surface area contributed by atoms with Crippen LogP contribution in [-0.4, -0.2) is 26.8 Å². The lowest BCUT2D eigenvalue weighted by Crippen LogP contribution is -2.42. The first-order valence-corrected chi connectivity index (χ1v) is 5.75. The van der Waals surface area contributed by atoms with Gasteiger partial charge in [-0.1, -0.05) is 0 Å². The molecule has 98 valence electrons. The normalized spacial score (nSPS) is 10.8. The van der Waals surface area contributed by atoms with E-state index in [4.69, 9.17) is 17.3 Å². The first kappa shape index (κ1) is 14.2.